The Labute approximate surface area is 112 Å². The van der Waals surface area contributed by atoms with Crippen molar-refractivity contribution in [1.29, 1.82) is 0 Å². The van der Waals surface area contributed by atoms with Gasteiger partial charge in [-0.05, 0) is 12.2 Å². The van der Waals surface area contributed by atoms with Gasteiger partial charge in [0.25, 0.3) is 0 Å². The van der Waals surface area contributed by atoms with E-state index in [4.69, 9.17) is 9.47 Å². The quantitative estimate of drug-likeness (QED) is 0.533. The van der Waals surface area contributed by atoms with E-state index < -0.39 is 12.0 Å². The molecule has 1 saturated heterocycles. The number of nitrogens with zero attached hydrogens (tertiary/aromatic N) is 1. The lowest BCUT2D eigenvalue weighted by Gasteiger charge is -2.33. The third kappa shape index (κ3) is 4.49. The van der Waals surface area contributed by atoms with Gasteiger partial charge >= 0.3 is 5.97 Å². The first kappa shape index (κ1) is 15.3. The molecule has 0 aromatic rings. The van der Waals surface area contributed by atoms with Crippen molar-refractivity contribution < 1.29 is 19.1 Å². The highest BCUT2D eigenvalue weighted by atomic mass is 32.2. The first-order valence-electron chi connectivity index (χ1n) is 6.23. The maximum atomic E-state index is 12.0. The fraction of sp³-hybridized carbons (Fsp3) is 0.833. The second-order valence-electron chi connectivity index (χ2n) is 4.11. The Hall–Kier alpha value is -0.750. The van der Waals surface area contributed by atoms with Gasteiger partial charge in [-0.1, -0.05) is 13.3 Å². The standard InChI is InChI=1S/C12H21NO4S/c1-3-4-7-18-9-11(14)13-5-6-17-8-10(13)12(15)16-2/h10H,3-9H2,1-2H3. The van der Waals surface area contributed by atoms with Crippen LogP contribution in [0.5, 0.6) is 0 Å². The van der Waals surface area contributed by atoms with Crippen LogP contribution in [0.1, 0.15) is 19.8 Å². The number of morpholine rings is 1. The number of thioether (sulfide) groups is 1. The van der Waals surface area contributed by atoms with Crippen LogP contribution >= 0.6 is 11.8 Å². The monoisotopic (exact) mass is 275 g/mol. The highest BCUT2D eigenvalue weighted by Crippen LogP contribution is 2.12. The maximum absolute atomic E-state index is 12.0. The normalized spacial score (nSPS) is 19.7. The molecule has 1 atom stereocenters. The van der Waals surface area contributed by atoms with Crippen LogP contribution in [-0.2, 0) is 19.1 Å². The number of unbranched alkanes of at least 4 members (excludes halogenated alkanes) is 1. The average molecular weight is 275 g/mol. The van der Waals surface area contributed by atoms with E-state index in [1.54, 1.807) is 16.7 Å². The largest absolute Gasteiger partial charge is 0.467 e. The molecule has 18 heavy (non-hydrogen) atoms. The lowest BCUT2D eigenvalue weighted by atomic mass is 10.2. The van der Waals surface area contributed by atoms with Crippen molar-refractivity contribution in [2.45, 2.75) is 25.8 Å². The summed E-state index contributed by atoms with van der Waals surface area (Å²) in [7, 11) is 1.33. The molecule has 0 aromatic carbocycles. The first-order valence-corrected chi connectivity index (χ1v) is 7.39. The number of hydrogen-bond donors (Lipinski definition) is 0. The predicted octanol–water partition coefficient (Wildman–Crippen LogP) is 0.920. The summed E-state index contributed by atoms with van der Waals surface area (Å²) in [5, 5.41) is 0. The molecule has 0 bridgehead atoms. The molecule has 0 spiro atoms. The van der Waals surface area contributed by atoms with Crippen molar-refractivity contribution in [2.75, 3.05) is 38.4 Å². The number of carbonyl (C=O) groups excluding carboxylic acids is 2. The van der Waals surface area contributed by atoms with Gasteiger partial charge in [0, 0.05) is 6.54 Å². The Bertz CT molecular complexity index is 285. The van der Waals surface area contributed by atoms with E-state index in [0.717, 1.165) is 18.6 Å². The molecule has 104 valence electrons. The maximum Gasteiger partial charge on any atom is 0.331 e. The minimum atomic E-state index is -0.581. The molecule has 1 amide bonds. The molecular formula is C12H21NO4S. The van der Waals surface area contributed by atoms with E-state index in [9.17, 15) is 9.59 Å². The van der Waals surface area contributed by atoms with Gasteiger partial charge in [0.2, 0.25) is 5.91 Å². The Kier molecular flexibility index (Phi) is 7.12. The second kappa shape index (κ2) is 8.37. The van der Waals surface area contributed by atoms with Crippen molar-refractivity contribution in [3.63, 3.8) is 0 Å². The fourth-order valence-electron chi connectivity index (χ4n) is 1.72. The van der Waals surface area contributed by atoms with Crippen LogP contribution < -0.4 is 0 Å². The average Bonchev–Trinajstić information content (AvgIpc) is 2.42. The highest BCUT2D eigenvalue weighted by Gasteiger charge is 2.33. The molecule has 0 saturated carbocycles. The van der Waals surface area contributed by atoms with E-state index in [2.05, 4.69) is 6.92 Å². The van der Waals surface area contributed by atoms with Gasteiger partial charge in [0.05, 0.1) is 26.1 Å². The first-order chi connectivity index (χ1) is 8.70. The summed E-state index contributed by atoms with van der Waals surface area (Å²) in [6.45, 7) is 3.31. The molecule has 1 rings (SSSR count). The lowest BCUT2D eigenvalue weighted by Crippen LogP contribution is -2.53. The summed E-state index contributed by atoms with van der Waals surface area (Å²) in [4.78, 5) is 25.2. The summed E-state index contributed by atoms with van der Waals surface area (Å²) >= 11 is 1.62. The van der Waals surface area contributed by atoms with Crippen LogP contribution in [0.2, 0.25) is 0 Å². The minimum Gasteiger partial charge on any atom is -0.467 e. The van der Waals surface area contributed by atoms with E-state index >= 15 is 0 Å². The number of esters is 1. The van der Waals surface area contributed by atoms with Crippen LogP contribution in [0.4, 0.5) is 0 Å². The van der Waals surface area contributed by atoms with Crippen LogP contribution in [0.15, 0.2) is 0 Å². The van der Waals surface area contributed by atoms with Gasteiger partial charge in [-0.3, -0.25) is 4.79 Å². The molecular weight excluding hydrogens is 254 g/mol. The van der Waals surface area contributed by atoms with Gasteiger partial charge in [-0.2, -0.15) is 11.8 Å². The Morgan fingerprint density at radius 1 is 1.50 bits per heavy atom. The zero-order chi connectivity index (χ0) is 13.4. The summed E-state index contributed by atoms with van der Waals surface area (Å²) in [5.74, 6) is 1.000. The number of ether oxygens (including phenoxy) is 2. The van der Waals surface area contributed by atoms with Gasteiger partial charge in [-0.15, -0.1) is 0 Å². The minimum absolute atomic E-state index is 0.00481. The van der Waals surface area contributed by atoms with Crippen molar-refractivity contribution in [2.24, 2.45) is 0 Å². The number of hydrogen-bond acceptors (Lipinski definition) is 5. The van der Waals surface area contributed by atoms with E-state index in [0.29, 0.717) is 18.9 Å². The number of amides is 1. The van der Waals surface area contributed by atoms with Gasteiger partial charge in [0.15, 0.2) is 6.04 Å². The third-order valence-electron chi connectivity index (χ3n) is 2.79. The zero-order valence-corrected chi connectivity index (χ0v) is 11.8. The Morgan fingerprint density at radius 2 is 2.28 bits per heavy atom. The predicted molar refractivity (Wildman–Crippen MR) is 70.6 cm³/mol. The molecule has 1 unspecified atom stereocenters. The second-order valence-corrected chi connectivity index (χ2v) is 5.21. The number of methoxy groups -OCH3 is 1. The Morgan fingerprint density at radius 3 is 2.94 bits per heavy atom. The number of carbonyl (C=O) groups is 2. The fourth-order valence-corrected chi connectivity index (χ4v) is 2.70. The van der Waals surface area contributed by atoms with Crippen LogP contribution in [0.25, 0.3) is 0 Å². The van der Waals surface area contributed by atoms with Crippen molar-refractivity contribution >= 4 is 23.6 Å². The Balaban J connectivity index is 2.44. The molecule has 1 fully saturated rings. The van der Waals surface area contributed by atoms with Crippen molar-refractivity contribution in [1.82, 2.24) is 4.90 Å². The van der Waals surface area contributed by atoms with Crippen LogP contribution in [-0.4, -0.2) is 61.2 Å². The summed E-state index contributed by atoms with van der Waals surface area (Å²) in [6, 6.07) is -0.581. The SMILES string of the molecule is CCCCSCC(=O)N1CCOCC1C(=O)OC. The zero-order valence-electron chi connectivity index (χ0n) is 11.0. The van der Waals surface area contributed by atoms with Crippen LogP contribution in [0, 0.1) is 0 Å². The molecule has 0 aromatic heterocycles. The molecule has 1 heterocycles. The molecule has 1 aliphatic heterocycles. The van der Waals surface area contributed by atoms with E-state index in [1.165, 1.54) is 7.11 Å². The molecule has 0 radical (unpaired) electrons. The van der Waals surface area contributed by atoms with E-state index in [-0.39, 0.29) is 12.5 Å². The summed E-state index contributed by atoms with van der Waals surface area (Å²) in [5.41, 5.74) is 0. The van der Waals surface area contributed by atoms with Gasteiger partial charge in [-0.25, -0.2) is 4.79 Å². The topological polar surface area (TPSA) is 55.8 Å². The smallest absolute Gasteiger partial charge is 0.331 e. The number of rotatable bonds is 6. The van der Waals surface area contributed by atoms with Crippen LogP contribution in [0.3, 0.4) is 0 Å². The summed E-state index contributed by atoms with van der Waals surface area (Å²) in [6.07, 6.45) is 2.24. The summed E-state index contributed by atoms with van der Waals surface area (Å²) < 4.78 is 9.92. The molecule has 5 nitrogen and oxygen atoms in total. The van der Waals surface area contributed by atoms with Crippen molar-refractivity contribution in [3.8, 4) is 0 Å². The van der Waals surface area contributed by atoms with Crippen molar-refractivity contribution in [3.05, 3.63) is 0 Å². The molecule has 0 aliphatic carbocycles. The molecule has 6 heteroatoms. The van der Waals surface area contributed by atoms with Gasteiger partial charge < -0.3 is 14.4 Å². The lowest BCUT2D eigenvalue weighted by molar-refractivity contribution is -0.159. The molecule has 0 N–H and O–H groups in total. The molecule has 1 aliphatic rings. The van der Waals surface area contributed by atoms with Gasteiger partial charge in [0.1, 0.15) is 0 Å². The van der Waals surface area contributed by atoms with E-state index in [1.807, 2.05) is 0 Å². The third-order valence-corrected chi connectivity index (χ3v) is 3.82. The highest BCUT2D eigenvalue weighted by molar-refractivity contribution is 7.99.